The van der Waals surface area contributed by atoms with Gasteiger partial charge in [-0.2, -0.15) is 0 Å². The highest BCUT2D eigenvalue weighted by Crippen LogP contribution is 2.39. The molecule has 0 unspecified atom stereocenters. The molecule has 218 valence electrons. The third-order valence-electron chi connectivity index (χ3n) is 6.99. The van der Waals surface area contributed by atoms with Crippen LogP contribution in [-0.2, 0) is 16.0 Å². The summed E-state index contributed by atoms with van der Waals surface area (Å²) in [4.78, 5) is 28.8. The summed E-state index contributed by atoms with van der Waals surface area (Å²) in [6, 6.07) is 17.7. The van der Waals surface area contributed by atoms with E-state index in [0.717, 1.165) is 55.1 Å². The van der Waals surface area contributed by atoms with Crippen LogP contribution in [0.1, 0.15) is 21.5 Å². The number of hydrogen-bond donors (Lipinski definition) is 1. The maximum Gasteiger partial charge on any atom is 0.335 e. The van der Waals surface area contributed by atoms with Crippen LogP contribution in [0.5, 0.6) is 5.75 Å². The summed E-state index contributed by atoms with van der Waals surface area (Å²) < 4.78 is 12.1. The van der Waals surface area contributed by atoms with Gasteiger partial charge in [-0.1, -0.05) is 71.4 Å². The molecule has 2 aliphatic rings. The number of carboxylic acid groups (broad SMARTS) is 1. The average Bonchev–Trinajstić information content (AvgIpc) is 3.24. The smallest absolute Gasteiger partial charge is 0.335 e. The van der Waals surface area contributed by atoms with Crippen LogP contribution in [0.25, 0.3) is 17.2 Å². The van der Waals surface area contributed by atoms with Crippen molar-refractivity contribution < 1.29 is 24.2 Å². The minimum Gasteiger partial charge on any atom is -0.492 e. The number of carboxylic acids is 1. The van der Waals surface area contributed by atoms with Crippen LogP contribution in [0.3, 0.4) is 0 Å². The molecular formula is C31H28Cl2N2O5S2. The number of morpholine rings is 1. The molecule has 3 aromatic rings. The molecule has 11 heteroatoms. The minimum atomic E-state index is -0.974. The number of aromatic carboxylic acids is 1. The zero-order valence-corrected chi connectivity index (χ0v) is 25.7. The zero-order chi connectivity index (χ0) is 29.6. The van der Waals surface area contributed by atoms with Crippen molar-refractivity contribution >= 4 is 69.5 Å². The standard InChI is InChI=1S/C31H28Cl2N2O5S2/c32-23-6-7-24(26(33)19-23)25-17-21(3-8-27(25)40-16-13-34-11-14-39-15-12-34)18-28-29(36)35(31(41)42-28)10-9-20-1-4-22(5-2-20)30(37)38/h1-8,17-19H,9-16H2,(H,37,38). The monoisotopic (exact) mass is 642 g/mol. The first-order chi connectivity index (χ1) is 20.3. The summed E-state index contributed by atoms with van der Waals surface area (Å²) >= 11 is 19.5. The predicted molar refractivity (Wildman–Crippen MR) is 172 cm³/mol. The van der Waals surface area contributed by atoms with E-state index < -0.39 is 5.97 Å². The van der Waals surface area contributed by atoms with Crippen molar-refractivity contribution in [1.82, 2.24) is 9.80 Å². The van der Waals surface area contributed by atoms with Gasteiger partial charge in [-0.15, -0.1) is 0 Å². The SMILES string of the molecule is O=C(O)c1ccc(CCN2C(=O)C(=Cc3ccc(OCCN4CCOCC4)c(-c4ccc(Cl)cc4Cl)c3)SC2=S)cc1. The predicted octanol–water partition coefficient (Wildman–Crippen LogP) is 6.51. The molecule has 0 aliphatic carbocycles. The van der Waals surface area contributed by atoms with Gasteiger partial charge in [-0.25, -0.2) is 4.79 Å². The Hall–Kier alpha value is -2.92. The lowest BCUT2D eigenvalue weighted by Gasteiger charge is -2.26. The molecule has 0 saturated carbocycles. The molecule has 0 radical (unpaired) electrons. The van der Waals surface area contributed by atoms with Crippen LogP contribution in [0.15, 0.2) is 65.6 Å². The topological polar surface area (TPSA) is 79.3 Å². The molecule has 3 aromatic carbocycles. The highest BCUT2D eigenvalue weighted by molar-refractivity contribution is 8.26. The number of hydrogen-bond acceptors (Lipinski definition) is 7. The van der Waals surface area contributed by atoms with Crippen molar-refractivity contribution in [2.45, 2.75) is 6.42 Å². The molecule has 42 heavy (non-hydrogen) atoms. The third kappa shape index (κ3) is 7.53. The lowest BCUT2D eigenvalue weighted by molar-refractivity contribution is -0.122. The molecule has 2 fully saturated rings. The fraction of sp³-hybridized carbons (Fsp3) is 0.258. The molecule has 0 aromatic heterocycles. The van der Waals surface area contributed by atoms with Gasteiger partial charge in [0.05, 0.1) is 28.7 Å². The van der Waals surface area contributed by atoms with Gasteiger partial charge in [-0.05, 0) is 60.0 Å². The van der Waals surface area contributed by atoms with E-state index in [4.69, 9.17) is 50.0 Å². The number of carbonyl (C=O) groups excluding carboxylic acids is 1. The highest BCUT2D eigenvalue weighted by atomic mass is 35.5. The quantitative estimate of drug-likeness (QED) is 0.198. The van der Waals surface area contributed by atoms with Crippen molar-refractivity contribution in [2.75, 3.05) is 46.0 Å². The number of carbonyl (C=O) groups is 2. The Morgan fingerprint density at radius 3 is 2.50 bits per heavy atom. The number of halogens is 2. The van der Waals surface area contributed by atoms with Crippen LogP contribution in [0, 0.1) is 0 Å². The summed E-state index contributed by atoms with van der Waals surface area (Å²) in [5.41, 5.74) is 3.53. The van der Waals surface area contributed by atoms with E-state index in [0.29, 0.717) is 44.6 Å². The Kier molecular flexibility index (Phi) is 10.2. The first-order valence-corrected chi connectivity index (χ1v) is 15.4. The van der Waals surface area contributed by atoms with E-state index >= 15 is 0 Å². The van der Waals surface area contributed by atoms with Gasteiger partial charge >= 0.3 is 5.97 Å². The van der Waals surface area contributed by atoms with E-state index in [9.17, 15) is 9.59 Å². The summed E-state index contributed by atoms with van der Waals surface area (Å²) in [7, 11) is 0. The summed E-state index contributed by atoms with van der Waals surface area (Å²) in [5.74, 6) is -0.451. The minimum absolute atomic E-state index is 0.163. The molecule has 0 spiro atoms. The van der Waals surface area contributed by atoms with Crippen LogP contribution < -0.4 is 4.74 Å². The van der Waals surface area contributed by atoms with E-state index in [-0.39, 0.29) is 11.5 Å². The molecule has 2 aliphatic heterocycles. The summed E-state index contributed by atoms with van der Waals surface area (Å²) in [5, 5.41) is 10.1. The van der Waals surface area contributed by atoms with Crippen LogP contribution in [0.2, 0.25) is 10.0 Å². The molecule has 1 N–H and O–H groups in total. The maximum atomic E-state index is 13.3. The average molecular weight is 644 g/mol. The van der Waals surface area contributed by atoms with Crippen LogP contribution >= 0.6 is 47.2 Å². The van der Waals surface area contributed by atoms with Gasteiger partial charge in [0.25, 0.3) is 5.91 Å². The van der Waals surface area contributed by atoms with Crippen molar-refractivity contribution in [2.24, 2.45) is 0 Å². The number of ether oxygens (including phenoxy) is 2. The number of thiocarbonyl (C=S) groups is 1. The first kappa shape index (κ1) is 30.5. The Labute approximate surface area is 264 Å². The number of benzene rings is 3. The molecule has 2 saturated heterocycles. The highest BCUT2D eigenvalue weighted by Gasteiger charge is 2.31. The summed E-state index contributed by atoms with van der Waals surface area (Å²) in [6.45, 7) is 4.91. The molecule has 0 atom stereocenters. The largest absolute Gasteiger partial charge is 0.492 e. The normalized spacial score (nSPS) is 16.8. The van der Waals surface area contributed by atoms with Gasteiger partial charge in [0, 0.05) is 42.3 Å². The van der Waals surface area contributed by atoms with Crippen molar-refractivity contribution in [3.8, 4) is 16.9 Å². The zero-order valence-electron chi connectivity index (χ0n) is 22.6. The van der Waals surface area contributed by atoms with Gasteiger partial charge < -0.3 is 14.6 Å². The second-order valence-corrected chi connectivity index (χ2v) is 12.3. The molecule has 0 bridgehead atoms. The molecular weight excluding hydrogens is 615 g/mol. The van der Waals surface area contributed by atoms with Crippen LogP contribution in [0.4, 0.5) is 0 Å². The first-order valence-electron chi connectivity index (χ1n) is 13.4. The second-order valence-electron chi connectivity index (χ2n) is 9.77. The Morgan fingerprint density at radius 1 is 1.02 bits per heavy atom. The summed E-state index contributed by atoms with van der Waals surface area (Å²) in [6.07, 6.45) is 2.38. The van der Waals surface area contributed by atoms with Gasteiger partial charge in [0.1, 0.15) is 16.7 Å². The van der Waals surface area contributed by atoms with Gasteiger partial charge in [0.2, 0.25) is 0 Å². The van der Waals surface area contributed by atoms with E-state index in [1.165, 1.54) is 11.8 Å². The fourth-order valence-corrected chi connectivity index (χ4v) is 6.51. The fourth-order valence-electron chi connectivity index (χ4n) is 4.69. The van der Waals surface area contributed by atoms with Crippen molar-refractivity contribution in [1.29, 1.82) is 0 Å². The maximum absolute atomic E-state index is 13.3. The van der Waals surface area contributed by atoms with Gasteiger partial charge in [-0.3, -0.25) is 14.6 Å². The lowest BCUT2D eigenvalue weighted by Crippen LogP contribution is -2.38. The third-order valence-corrected chi connectivity index (χ3v) is 8.92. The van der Waals surface area contributed by atoms with E-state index in [1.54, 1.807) is 41.3 Å². The molecule has 2 heterocycles. The Bertz CT molecular complexity index is 1520. The second kappa shape index (κ2) is 14.0. The molecule has 7 nitrogen and oxygen atoms in total. The van der Waals surface area contributed by atoms with E-state index in [1.807, 2.05) is 30.3 Å². The Balaban J connectivity index is 1.33. The molecule has 5 rings (SSSR count). The Morgan fingerprint density at radius 2 is 1.79 bits per heavy atom. The number of thioether (sulfide) groups is 1. The van der Waals surface area contributed by atoms with Crippen molar-refractivity contribution in [3.63, 3.8) is 0 Å². The number of nitrogens with zero attached hydrogens (tertiary/aromatic N) is 2. The van der Waals surface area contributed by atoms with Gasteiger partial charge in [0.15, 0.2) is 0 Å². The number of amides is 1. The van der Waals surface area contributed by atoms with E-state index in [2.05, 4.69) is 4.90 Å². The number of rotatable bonds is 10. The van der Waals surface area contributed by atoms with Crippen molar-refractivity contribution in [3.05, 3.63) is 92.3 Å². The lowest BCUT2D eigenvalue weighted by atomic mass is 10.0. The molecule has 1 amide bonds. The van der Waals surface area contributed by atoms with Crippen LogP contribution in [-0.4, -0.2) is 77.1 Å².